The number of rotatable bonds is 4. The van der Waals surface area contributed by atoms with E-state index in [-0.39, 0.29) is 10.6 Å². The van der Waals surface area contributed by atoms with Gasteiger partial charge in [0.25, 0.3) is 5.91 Å². The zero-order valence-corrected chi connectivity index (χ0v) is 14.2. The second-order valence-electron chi connectivity index (χ2n) is 5.39. The molecule has 0 saturated heterocycles. The number of carbonyl (C=O) groups excluding carboxylic acids is 2. The van der Waals surface area contributed by atoms with Crippen LogP contribution in [0.3, 0.4) is 0 Å². The summed E-state index contributed by atoms with van der Waals surface area (Å²) in [5.41, 5.74) is 0.811. The number of esters is 1. The minimum absolute atomic E-state index is 0.189. The largest absolute Gasteiger partial charge is 0.486 e. The minimum Gasteiger partial charge on any atom is -0.486 e. The van der Waals surface area contributed by atoms with Gasteiger partial charge in [-0.3, -0.25) is 4.79 Å². The van der Waals surface area contributed by atoms with Gasteiger partial charge in [-0.15, -0.1) is 0 Å². The number of ether oxygens (including phenoxy) is 3. The molecular formula is C18H16ClNO5. The van der Waals surface area contributed by atoms with Crippen molar-refractivity contribution in [3.63, 3.8) is 0 Å². The molecule has 0 fully saturated rings. The molecule has 3 rings (SSSR count). The third-order valence-electron chi connectivity index (χ3n) is 3.53. The van der Waals surface area contributed by atoms with Crippen LogP contribution in [0.4, 0.5) is 5.69 Å². The number of carbonyl (C=O) groups is 2. The van der Waals surface area contributed by atoms with E-state index >= 15 is 0 Å². The topological polar surface area (TPSA) is 73.9 Å². The average Bonchev–Trinajstić information content (AvgIpc) is 2.62. The molecule has 1 heterocycles. The van der Waals surface area contributed by atoms with Gasteiger partial charge in [-0.1, -0.05) is 29.8 Å². The first-order valence-electron chi connectivity index (χ1n) is 7.70. The lowest BCUT2D eigenvalue weighted by atomic mass is 10.2. The standard InChI is InChI=1S/C18H16ClNO5/c1-11(17(21)20-13-5-3-2-4-6-13)25-18(22)12-9-14(19)16-15(10-12)23-7-8-24-16/h2-6,9-11H,7-8H2,1H3,(H,20,21). The van der Waals surface area contributed by atoms with E-state index in [1.54, 1.807) is 24.3 Å². The van der Waals surface area contributed by atoms with Gasteiger partial charge in [-0.2, -0.15) is 0 Å². The Bertz CT molecular complexity index is 794. The maximum Gasteiger partial charge on any atom is 0.339 e. The van der Waals surface area contributed by atoms with Crippen molar-refractivity contribution in [3.05, 3.63) is 53.1 Å². The summed E-state index contributed by atoms with van der Waals surface area (Å²) in [6, 6.07) is 11.8. The van der Waals surface area contributed by atoms with E-state index in [1.807, 2.05) is 6.07 Å². The molecule has 0 bridgehead atoms. The van der Waals surface area contributed by atoms with Gasteiger partial charge >= 0.3 is 5.97 Å². The first-order chi connectivity index (χ1) is 12.0. The smallest absolute Gasteiger partial charge is 0.339 e. The lowest BCUT2D eigenvalue weighted by Crippen LogP contribution is -2.30. The normalized spacial score (nSPS) is 13.7. The lowest BCUT2D eigenvalue weighted by Gasteiger charge is -2.20. The Morgan fingerprint density at radius 2 is 1.88 bits per heavy atom. The van der Waals surface area contributed by atoms with Crippen LogP contribution in [0.1, 0.15) is 17.3 Å². The van der Waals surface area contributed by atoms with Crippen LogP contribution in [0.25, 0.3) is 0 Å². The summed E-state index contributed by atoms with van der Waals surface area (Å²) < 4.78 is 16.0. The number of benzene rings is 2. The van der Waals surface area contributed by atoms with Gasteiger partial charge in [0.1, 0.15) is 13.2 Å². The Balaban J connectivity index is 1.67. The number of hydrogen-bond acceptors (Lipinski definition) is 5. The summed E-state index contributed by atoms with van der Waals surface area (Å²) in [4.78, 5) is 24.4. The van der Waals surface area contributed by atoms with Crippen LogP contribution in [-0.2, 0) is 9.53 Å². The highest BCUT2D eigenvalue weighted by Gasteiger charge is 2.23. The summed E-state index contributed by atoms with van der Waals surface area (Å²) in [5.74, 6) is -0.316. The number of amides is 1. The number of halogens is 1. The number of hydrogen-bond donors (Lipinski definition) is 1. The van der Waals surface area contributed by atoms with Gasteiger partial charge in [0.05, 0.1) is 10.6 Å². The fraction of sp³-hybridized carbons (Fsp3) is 0.222. The molecule has 7 heteroatoms. The van der Waals surface area contributed by atoms with Crippen molar-refractivity contribution < 1.29 is 23.8 Å². The van der Waals surface area contributed by atoms with E-state index in [0.29, 0.717) is 30.4 Å². The minimum atomic E-state index is -0.973. The Morgan fingerprint density at radius 3 is 2.64 bits per heavy atom. The number of anilines is 1. The monoisotopic (exact) mass is 361 g/mol. The van der Waals surface area contributed by atoms with Crippen molar-refractivity contribution in [2.45, 2.75) is 13.0 Å². The SMILES string of the molecule is CC(OC(=O)c1cc(Cl)c2c(c1)OCCO2)C(=O)Nc1ccccc1. The maximum absolute atomic E-state index is 12.3. The van der Waals surface area contributed by atoms with Gasteiger partial charge in [-0.05, 0) is 31.2 Å². The van der Waals surface area contributed by atoms with Gasteiger partial charge < -0.3 is 19.5 Å². The number of fused-ring (bicyclic) bond motifs is 1. The molecule has 0 saturated carbocycles. The molecular weight excluding hydrogens is 346 g/mol. The molecule has 1 amide bonds. The van der Waals surface area contributed by atoms with Crippen LogP contribution >= 0.6 is 11.6 Å². The van der Waals surface area contributed by atoms with Crippen molar-refractivity contribution in [2.75, 3.05) is 18.5 Å². The van der Waals surface area contributed by atoms with Gasteiger partial charge in [0, 0.05) is 5.69 Å². The van der Waals surface area contributed by atoms with Crippen molar-refractivity contribution in [2.24, 2.45) is 0 Å². The highest BCUT2D eigenvalue weighted by atomic mass is 35.5. The molecule has 0 aliphatic carbocycles. The number of nitrogens with one attached hydrogen (secondary N) is 1. The molecule has 1 unspecified atom stereocenters. The third kappa shape index (κ3) is 4.03. The summed E-state index contributed by atoms with van der Waals surface area (Å²) in [6.45, 7) is 2.26. The summed E-state index contributed by atoms with van der Waals surface area (Å²) >= 11 is 6.11. The van der Waals surface area contributed by atoms with Gasteiger partial charge in [0.2, 0.25) is 0 Å². The van der Waals surface area contributed by atoms with E-state index in [2.05, 4.69) is 5.32 Å². The first kappa shape index (κ1) is 17.1. The van der Waals surface area contributed by atoms with Crippen molar-refractivity contribution in [1.29, 1.82) is 0 Å². The van der Waals surface area contributed by atoms with Crippen LogP contribution in [0, 0.1) is 0 Å². The summed E-state index contributed by atoms with van der Waals surface area (Å²) in [7, 11) is 0. The van der Waals surface area contributed by atoms with Crippen LogP contribution in [0.15, 0.2) is 42.5 Å². The molecule has 25 heavy (non-hydrogen) atoms. The second-order valence-corrected chi connectivity index (χ2v) is 5.79. The lowest BCUT2D eigenvalue weighted by molar-refractivity contribution is -0.123. The van der Waals surface area contributed by atoms with Crippen molar-refractivity contribution >= 4 is 29.2 Å². The van der Waals surface area contributed by atoms with E-state index in [9.17, 15) is 9.59 Å². The first-order valence-corrected chi connectivity index (χ1v) is 8.08. The zero-order chi connectivity index (χ0) is 17.8. The molecule has 1 aliphatic rings. The molecule has 2 aromatic carbocycles. The van der Waals surface area contributed by atoms with Gasteiger partial charge in [0.15, 0.2) is 17.6 Å². The Kier molecular flexibility index (Phi) is 5.09. The molecule has 1 N–H and O–H groups in total. The van der Waals surface area contributed by atoms with Crippen LogP contribution in [0.5, 0.6) is 11.5 Å². The predicted molar refractivity (Wildman–Crippen MR) is 92.4 cm³/mol. The van der Waals surface area contributed by atoms with Crippen molar-refractivity contribution in [1.82, 2.24) is 0 Å². The molecule has 2 aromatic rings. The molecule has 0 aromatic heterocycles. The van der Waals surface area contributed by atoms with E-state index < -0.39 is 18.0 Å². The molecule has 6 nitrogen and oxygen atoms in total. The van der Waals surface area contributed by atoms with Crippen LogP contribution in [-0.4, -0.2) is 31.2 Å². The quantitative estimate of drug-likeness (QED) is 0.846. The Labute approximate surface area is 149 Å². The number of para-hydroxylation sites is 1. The molecule has 0 radical (unpaired) electrons. The average molecular weight is 362 g/mol. The van der Waals surface area contributed by atoms with E-state index in [4.69, 9.17) is 25.8 Å². The Morgan fingerprint density at radius 1 is 1.16 bits per heavy atom. The fourth-order valence-corrected chi connectivity index (χ4v) is 2.54. The summed E-state index contributed by atoms with van der Waals surface area (Å²) in [5, 5.41) is 2.93. The van der Waals surface area contributed by atoms with Crippen LogP contribution < -0.4 is 14.8 Å². The van der Waals surface area contributed by atoms with E-state index in [0.717, 1.165) is 0 Å². The fourth-order valence-electron chi connectivity index (χ4n) is 2.28. The molecule has 1 aliphatic heterocycles. The Hall–Kier alpha value is -2.73. The molecule has 0 spiro atoms. The van der Waals surface area contributed by atoms with Crippen molar-refractivity contribution in [3.8, 4) is 11.5 Å². The predicted octanol–water partition coefficient (Wildman–Crippen LogP) is 3.30. The molecule has 1 atom stereocenters. The van der Waals surface area contributed by atoms with Gasteiger partial charge in [-0.25, -0.2) is 4.79 Å². The third-order valence-corrected chi connectivity index (χ3v) is 3.81. The van der Waals surface area contributed by atoms with E-state index in [1.165, 1.54) is 19.1 Å². The zero-order valence-electron chi connectivity index (χ0n) is 13.5. The molecule has 130 valence electrons. The second kappa shape index (κ2) is 7.44. The maximum atomic E-state index is 12.3. The van der Waals surface area contributed by atoms with Crippen LogP contribution in [0.2, 0.25) is 5.02 Å². The summed E-state index contributed by atoms with van der Waals surface area (Å²) in [6.07, 6.45) is -0.973. The highest BCUT2D eigenvalue weighted by Crippen LogP contribution is 2.38. The highest BCUT2D eigenvalue weighted by molar-refractivity contribution is 6.32.